The molecule has 1 aromatic rings. The summed E-state index contributed by atoms with van der Waals surface area (Å²) in [6.45, 7) is 5.05. The molecule has 2 N–H and O–H groups in total. The van der Waals surface area contributed by atoms with Gasteiger partial charge in [-0.2, -0.15) is 5.26 Å². The van der Waals surface area contributed by atoms with Crippen molar-refractivity contribution in [2.75, 3.05) is 13.7 Å². The Morgan fingerprint density at radius 3 is 2.72 bits per heavy atom. The molecule has 1 atom stereocenters. The van der Waals surface area contributed by atoms with Gasteiger partial charge >= 0.3 is 0 Å². The van der Waals surface area contributed by atoms with Gasteiger partial charge in [0.15, 0.2) is 0 Å². The molecule has 0 saturated carbocycles. The van der Waals surface area contributed by atoms with Crippen LogP contribution in [0.25, 0.3) is 0 Å². The second-order valence-corrected chi connectivity index (χ2v) is 4.58. The molecule has 0 bridgehead atoms. The smallest absolute Gasteiger partial charge is 0.123 e. The van der Waals surface area contributed by atoms with Crippen LogP contribution in [0.2, 0.25) is 0 Å². The van der Waals surface area contributed by atoms with E-state index in [9.17, 15) is 5.11 Å². The van der Waals surface area contributed by atoms with E-state index in [2.05, 4.69) is 11.4 Å². The lowest BCUT2D eigenvalue weighted by molar-refractivity contribution is 0.123. The van der Waals surface area contributed by atoms with E-state index in [4.69, 9.17) is 10.00 Å². The number of ether oxygens (including phenoxy) is 1. The van der Waals surface area contributed by atoms with Crippen molar-refractivity contribution in [1.82, 2.24) is 5.32 Å². The highest BCUT2D eigenvalue weighted by molar-refractivity contribution is 5.41. The van der Waals surface area contributed by atoms with Crippen LogP contribution in [0.5, 0.6) is 5.75 Å². The molecule has 1 aromatic carbocycles. The first-order valence-electron chi connectivity index (χ1n) is 6.04. The Morgan fingerprint density at radius 1 is 1.44 bits per heavy atom. The van der Waals surface area contributed by atoms with Crippen LogP contribution in [0.4, 0.5) is 0 Å². The Morgan fingerprint density at radius 2 is 2.17 bits per heavy atom. The van der Waals surface area contributed by atoms with Crippen molar-refractivity contribution < 1.29 is 9.84 Å². The third-order valence-electron chi connectivity index (χ3n) is 2.85. The molecule has 4 nitrogen and oxygen atoms in total. The number of aliphatic hydroxyl groups is 1. The summed E-state index contributed by atoms with van der Waals surface area (Å²) in [5.74, 6) is 0.977. The Labute approximate surface area is 108 Å². The number of methoxy groups -OCH3 is 1. The Hall–Kier alpha value is -1.57. The molecule has 4 heteroatoms. The van der Waals surface area contributed by atoms with E-state index in [1.165, 1.54) is 0 Å². The molecular formula is C14H20N2O2. The fourth-order valence-corrected chi connectivity index (χ4v) is 1.58. The van der Waals surface area contributed by atoms with Crippen LogP contribution < -0.4 is 10.1 Å². The quantitative estimate of drug-likeness (QED) is 0.803. The van der Waals surface area contributed by atoms with Crippen LogP contribution in [0.1, 0.15) is 25.0 Å². The molecular weight excluding hydrogens is 228 g/mol. The van der Waals surface area contributed by atoms with Crippen LogP contribution in [0, 0.1) is 17.2 Å². The molecule has 0 spiro atoms. The molecule has 18 heavy (non-hydrogen) atoms. The predicted octanol–water partition coefficient (Wildman–Crippen LogP) is 1.67. The summed E-state index contributed by atoms with van der Waals surface area (Å²) in [7, 11) is 1.61. The van der Waals surface area contributed by atoms with E-state index in [0.29, 0.717) is 18.7 Å². The predicted molar refractivity (Wildman–Crippen MR) is 70.3 cm³/mol. The van der Waals surface area contributed by atoms with Crippen molar-refractivity contribution >= 4 is 0 Å². The zero-order chi connectivity index (χ0) is 13.5. The molecule has 0 heterocycles. The fourth-order valence-electron chi connectivity index (χ4n) is 1.58. The first-order chi connectivity index (χ1) is 8.58. The van der Waals surface area contributed by atoms with Crippen molar-refractivity contribution in [3.63, 3.8) is 0 Å². The number of nitrogens with zero attached hydrogens (tertiary/aromatic N) is 1. The highest BCUT2D eigenvalue weighted by atomic mass is 16.5. The average molecular weight is 248 g/mol. The minimum Gasteiger partial charge on any atom is -0.496 e. The summed E-state index contributed by atoms with van der Waals surface area (Å²) in [5, 5.41) is 21.7. The minimum absolute atomic E-state index is 0.227. The van der Waals surface area contributed by atoms with E-state index in [1.54, 1.807) is 25.3 Å². The van der Waals surface area contributed by atoms with E-state index in [1.807, 2.05) is 13.8 Å². The largest absolute Gasteiger partial charge is 0.496 e. The maximum absolute atomic E-state index is 9.69. The summed E-state index contributed by atoms with van der Waals surface area (Å²) in [5.41, 5.74) is 1.53. The van der Waals surface area contributed by atoms with Gasteiger partial charge in [0.05, 0.1) is 24.8 Å². The number of hydrogen-bond donors (Lipinski definition) is 2. The van der Waals surface area contributed by atoms with Crippen LogP contribution in [-0.2, 0) is 6.54 Å². The van der Waals surface area contributed by atoms with Gasteiger partial charge in [-0.3, -0.25) is 0 Å². The van der Waals surface area contributed by atoms with Crippen LogP contribution in [-0.4, -0.2) is 24.9 Å². The zero-order valence-corrected chi connectivity index (χ0v) is 11.1. The van der Waals surface area contributed by atoms with Gasteiger partial charge in [-0.25, -0.2) is 0 Å². The third-order valence-corrected chi connectivity index (χ3v) is 2.85. The van der Waals surface area contributed by atoms with E-state index in [-0.39, 0.29) is 12.0 Å². The van der Waals surface area contributed by atoms with Crippen LogP contribution >= 0.6 is 0 Å². The molecule has 98 valence electrons. The van der Waals surface area contributed by atoms with Gasteiger partial charge in [0, 0.05) is 18.7 Å². The maximum Gasteiger partial charge on any atom is 0.123 e. The minimum atomic E-state index is -0.366. The molecule has 0 aromatic heterocycles. The summed E-state index contributed by atoms with van der Waals surface area (Å²) < 4.78 is 5.24. The normalized spacial score (nSPS) is 12.2. The first kappa shape index (κ1) is 14.5. The lowest BCUT2D eigenvalue weighted by Gasteiger charge is -2.16. The number of nitrogens with one attached hydrogen (secondary N) is 1. The van der Waals surface area contributed by atoms with Gasteiger partial charge in [-0.1, -0.05) is 13.8 Å². The maximum atomic E-state index is 9.69. The van der Waals surface area contributed by atoms with Crippen LogP contribution in [0.15, 0.2) is 18.2 Å². The van der Waals surface area contributed by atoms with Gasteiger partial charge < -0.3 is 15.2 Å². The van der Waals surface area contributed by atoms with Crippen molar-refractivity contribution in [3.05, 3.63) is 29.3 Å². The zero-order valence-electron chi connectivity index (χ0n) is 11.1. The standard InChI is InChI=1S/C14H20N2O2/c1-10(2)13(17)9-16-8-12-6-11(7-15)4-5-14(12)18-3/h4-6,10,13,16-17H,8-9H2,1-3H3. The first-order valence-corrected chi connectivity index (χ1v) is 6.04. The van der Waals surface area contributed by atoms with Crippen LogP contribution in [0.3, 0.4) is 0 Å². The monoisotopic (exact) mass is 248 g/mol. The summed E-state index contributed by atoms with van der Waals surface area (Å²) in [4.78, 5) is 0. The number of nitriles is 1. The summed E-state index contributed by atoms with van der Waals surface area (Å²) >= 11 is 0. The topological polar surface area (TPSA) is 65.3 Å². The lowest BCUT2D eigenvalue weighted by atomic mass is 10.1. The van der Waals surface area contributed by atoms with E-state index >= 15 is 0 Å². The van der Waals surface area contributed by atoms with Gasteiger partial charge in [-0.15, -0.1) is 0 Å². The molecule has 1 rings (SSSR count). The van der Waals surface area contributed by atoms with E-state index < -0.39 is 0 Å². The van der Waals surface area contributed by atoms with Gasteiger partial charge in [0.25, 0.3) is 0 Å². The number of aliphatic hydroxyl groups excluding tert-OH is 1. The second-order valence-electron chi connectivity index (χ2n) is 4.58. The highest BCUT2D eigenvalue weighted by Gasteiger charge is 2.09. The summed E-state index contributed by atoms with van der Waals surface area (Å²) in [6, 6.07) is 7.42. The van der Waals surface area contributed by atoms with Crippen molar-refractivity contribution in [1.29, 1.82) is 5.26 Å². The second kappa shape index (κ2) is 7.00. The van der Waals surface area contributed by atoms with Gasteiger partial charge in [0.1, 0.15) is 5.75 Å². The van der Waals surface area contributed by atoms with Gasteiger partial charge in [0.2, 0.25) is 0 Å². The number of benzene rings is 1. The molecule has 0 aliphatic heterocycles. The highest BCUT2D eigenvalue weighted by Crippen LogP contribution is 2.19. The Balaban J connectivity index is 2.63. The Kier molecular flexibility index (Phi) is 5.63. The van der Waals surface area contributed by atoms with Crippen molar-refractivity contribution in [2.24, 2.45) is 5.92 Å². The average Bonchev–Trinajstić information content (AvgIpc) is 2.38. The number of hydrogen-bond acceptors (Lipinski definition) is 4. The molecule has 0 radical (unpaired) electrons. The van der Waals surface area contributed by atoms with E-state index in [0.717, 1.165) is 11.3 Å². The molecule has 0 amide bonds. The lowest BCUT2D eigenvalue weighted by Crippen LogP contribution is -2.30. The number of rotatable bonds is 6. The SMILES string of the molecule is COc1ccc(C#N)cc1CNCC(O)C(C)C. The summed E-state index contributed by atoms with van der Waals surface area (Å²) in [6.07, 6.45) is -0.366. The molecule has 0 saturated heterocycles. The van der Waals surface area contributed by atoms with Crippen molar-refractivity contribution in [3.8, 4) is 11.8 Å². The molecule has 1 unspecified atom stereocenters. The molecule has 0 fully saturated rings. The molecule has 0 aliphatic carbocycles. The Bertz CT molecular complexity index is 424. The van der Waals surface area contributed by atoms with Crippen molar-refractivity contribution in [2.45, 2.75) is 26.5 Å². The fraction of sp³-hybridized carbons (Fsp3) is 0.500. The third kappa shape index (κ3) is 4.02. The van der Waals surface area contributed by atoms with Gasteiger partial charge in [-0.05, 0) is 24.1 Å². The molecule has 0 aliphatic rings.